The Morgan fingerprint density at radius 3 is 2.57 bits per heavy atom. The SMILES string of the molecule is Cc1nc(CNCc2ccc(-c3ccccc3)s2)cs1.Cl. The van der Waals surface area contributed by atoms with Crippen LogP contribution in [0, 0.1) is 6.92 Å². The van der Waals surface area contributed by atoms with Crippen LogP contribution >= 0.6 is 35.1 Å². The Morgan fingerprint density at radius 2 is 1.86 bits per heavy atom. The molecule has 0 aliphatic heterocycles. The Bertz CT molecular complexity index is 676. The average molecular weight is 337 g/mol. The van der Waals surface area contributed by atoms with Crippen molar-refractivity contribution in [2.75, 3.05) is 0 Å². The highest BCUT2D eigenvalue weighted by Gasteiger charge is 2.03. The summed E-state index contributed by atoms with van der Waals surface area (Å²) in [6.07, 6.45) is 0. The van der Waals surface area contributed by atoms with E-state index in [0.717, 1.165) is 23.8 Å². The molecule has 0 saturated carbocycles. The first-order valence-electron chi connectivity index (χ1n) is 6.57. The van der Waals surface area contributed by atoms with Gasteiger partial charge in [-0.2, -0.15) is 0 Å². The minimum absolute atomic E-state index is 0. The van der Waals surface area contributed by atoms with Crippen LogP contribution in [0.1, 0.15) is 15.6 Å². The van der Waals surface area contributed by atoms with Crippen LogP contribution in [0.5, 0.6) is 0 Å². The molecule has 0 amide bonds. The molecule has 0 aliphatic rings. The smallest absolute Gasteiger partial charge is 0.0897 e. The lowest BCUT2D eigenvalue weighted by atomic mass is 10.2. The summed E-state index contributed by atoms with van der Waals surface area (Å²) >= 11 is 3.55. The fourth-order valence-electron chi connectivity index (χ4n) is 2.03. The maximum absolute atomic E-state index is 4.45. The number of halogens is 1. The first kappa shape index (κ1) is 16.2. The van der Waals surface area contributed by atoms with Crippen molar-refractivity contribution in [2.45, 2.75) is 20.0 Å². The molecular formula is C16H17ClN2S2. The Morgan fingerprint density at radius 1 is 1.05 bits per heavy atom. The van der Waals surface area contributed by atoms with E-state index in [4.69, 9.17) is 0 Å². The normalized spacial score (nSPS) is 10.3. The monoisotopic (exact) mass is 336 g/mol. The van der Waals surface area contributed by atoms with Gasteiger partial charge in [-0.15, -0.1) is 35.1 Å². The van der Waals surface area contributed by atoms with E-state index in [1.807, 2.05) is 18.3 Å². The third-order valence-electron chi connectivity index (χ3n) is 2.99. The van der Waals surface area contributed by atoms with Gasteiger partial charge in [0, 0.05) is 28.2 Å². The molecule has 1 aromatic carbocycles. The van der Waals surface area contributed by atoms with Crippen molar-refractivity contribution < 1.29 is 0 Å². The van der Waals surface area contributed by atoms with Crippen LogP contribution in [0.15, 0.2) is 47.8 Å². The standard InChI is InChI=1S/C16H16N2S2.ClH/c1-12-18-14(11-19-12)9-17-10-15-7-8-16(20-15)13-5-3-2-4-6-13;/h2-8,11,17H,9-10H2,1H3;1H. The molecule has 0 radical (unpaired) electrons. The van der Waals surface area contributed by atoms with Crippen molar-refractivity contribution in [3.8, 4) is 10.4 Å². The number of thiazole rings is 1. The average Bonchev–Trinajstić information content (AvgIpc) is 3.09. The molecule has 0 saturated heterocycles. The Hall–Kier alpha value is -1.20. The van der Waals surface area contributed by atoms with Gasteiger partial charge >= 0.3 is 0 Å². The number of rotatable bonds is 5. The topological polar surface area (TPSA) is 24.9 Å². The minimum atomic E-state index is 0. The maximum Gasteiger partial charge on any atom is 0.0897 e. The zero-order chi connectivity index (χ0) is 13.8. The van der Waals surface area contributed by atoms with Gasteiger partial charge in [0.25, 0.3) is 0 Å². The van der Waals surface area contributed by atoms with Gasteiger partial charge < -0.3 is 5.32 Å². The van der Waals surface area contributed by atoms with E-state index in [1.54, 1.807) is 11.3 Å². The maximum atomic E-state index is 4.45. The van der Waals surface area contributed by atoms with Crippen LogP contribution < -0.4 is 5.32 Å². The van der Waals surface area contributed by atoms with Crippen LogP contribution in [-0.4, -0.2) is 4.98 Å². The molecule has 0 fully saturated rings. The van der Waals surface area contributed by atoms with Gasteiger partial charge in [0.05, 0.1) is 10.7 Å². The number of aromatic nitrogens is 1. The summed E-state index contributed by atoms with van der Waals surface area (Å²) in [5, 5.41) is 6.70. The van der Waals surface area contributed by atoms with Crippen molar-refractivity contribution in [1.29, 1.82) is 0 Å². The molecule has 1 N–H and O–H groups in total. The first-order chi connectivity index (χ1) is 9.81. The Balaban J connectivity index is 0.00000161. The lowest BCUT2D eigenvalue weighted by Gasteiger charge is -2.00. The summed E-state index contributed by atoms with van der Waals surface area (Å²) in [6, 6.07) is 14.9. The summed E-state index contributed by atoms with van der Waals surface area (Å²) in [4.78, 5) is 7.14. The fourth-order valence-corrected chi connectivity index (χ4v) is 3.63. The van der Waals surface area contributed by atoms with E-state index in [0.29, 0.717) is 0 Å². The van der Waals surface area contributed by atoms with Crippen molar-refractivity contribution in [2.24, 2.45) is 0 Å². The van der Waals surface area contributed by atoms with E-state index in [9.17, 15) is 0 Å². The molecule has 21 heavy (non-hydrogen) atoms. The molecule has 0 bridgehead atoms. The largest absolute Gasteiger partial charge is 0.306 e. The van der Waals surface area contributed by atoms with Crippen LogP contribution in [0.3, 0.4) is 0 Å². The number of benzene rings is 1. The summed E-state index contributed by atoms with van der Waals surface area (Å²) in [5.41, 5.74) is 2.42. The van der Waals surface area contributed by atoms with Crippen molar-refractivity contribution in [3.05, 3.63) is 63.4 Å². The summed E-state index contributed by atoms with van der Waals surface area (Å²) in [5.74, 6) is 0. The second-order valence-corrected chi connectivity index (χ2v) is 6.82. The van der Waals surface area contributed by atoms with Gasteiger partial charge in [-0.3, -0.25) is 0 Å². The van der Waals surface area contributed by atoms with Gasteiger partial charge in [0.2, 0.25) is 0 Å². The van der Waals surface area contributed by atoms with E-state index < -0.39 is 0 Å². The molecule has 3 rings (SSSR count). The molecular weight excluding hydrogens is 320 g/mol. The highest BCUT2D eigenvalue weighted by atomic mass is 35.5. The van der Waals surface area contributed by atoms with Crippen LogP contribution in [0.2, 0.25) is 0 Å². The molecule has 110 valence electrons. The summed E-state index contributed by atoms with van der Waals surface area (Å²) in [6.45, 7) is 3.77. The fraction of sp³-hybridized carbons (Fsp3) is 0.188. The molecule has 0 spiro atoms. The van der Waals surface area contributed by atoms with Crippen molar-refractivity contribution in [3.63, 3.8) is 0 Å². The third kappa shape index (κ3) is 4.38. The minimum Gasteiger partial charge on any atom is -0.306 e. The van der Waals surface area contributed by atoms with Crippen LogP contribution in [0.25, 0.3) is 10.4 Å². The van der Waals surface area contributed by atoms with E-state index in [2.05, 4.69) is 58.1 Å². The number of thiophene rings is 1. The Kier molecular flexibility index (Phi) is 5.94. The quantitative estimate of drug-likeness (QED) is 0.717. The third-order valence-corrected chi connectivity index (χ3v) is 4.95. The van der Waals surface area contributed by atoms with Gasteiger partial charge in [0.1, 0.15) is 0 Å². The summed E-state index contributed by atoms with van der Waals surface area (Å²) in [7, 11) is 0. The lowest BCUT2D eigenvalue weighted by Crippen LogP contribution is -2.11. The van der Waals surface area contributed by atoms with E-state index in [-0.39, 0.29) is 12.4 Å². The number of hydrogen-bond donors (Lipinski definition) is 1. The van der Waals surface area contributed by atoms with Gasteiger partial charge in [0.15, 0.2) is 0 Å². The summed E-state index contributed by atoms with van der Waals surface area (Å²) < 4.78 is 0. The first-order valence-corrected chi connectivity index (χ1v) is 8.27. The Labute approximate surface area is 139 Å². The van der Waals surface area contributed by atoms with Crippen LogP contribution in [0.4, 0.5) is 0 Å². The van der Waals surface area contributed by atoms with Crippen molar-refractivity contribution in [1.82, 2.24) is 10.3 Å². The van der Waals surface area contributed by atoms with E-state index >= 15 is 0 Å². The van der Waals surface area contributed by atoms with Gasteiger partial charge in [-0.05, 0) is 24.6 Å². The predicted molar refractivity (Wildman–Crippen MR) is 94.4 cm³/mol. The predicted octanol–water partition coefficient (Wildman–Crippen LogP) is 4.89. The number of hydrogen-bond acceptors (Lipinski definition) is 4. The van der Waals surface area contributed by atoms with Crippen LogP contribution in [-0.2, 0) is 13.1 Å². The molecule has 0 atom stereocenters. The van der Waals surface area contributed by atoms with Gasteiger partial charge in [-0.1, -0.05) is 30.3 Å². The molecule has 3 aromatic rings. The van der Waals surface area contributed by atoms with Gasteiger partial charge in [-0.25, -0.2) is 4.98 Å². The highest BCUT2D eigenvalue weighted by Crippen LogP contribution is 2.27. The lowest BCUT2D eigenvalue weighted by molar-refractivity contribution is 0.688. The number of nitrogens with zero attached hydrogens (tertiary/aromatic N) is 1. The zero-order valence-corrected chi connectivity index (χ0v) is 14.2. The highest BCUT2D eigenvalue weighted by molar-refractivity contribution is 7.15. The van der Waals surface area contributed by atoms with E-state index in [1.165, 1.54) is 15.3 Å². The molecule has 0 unspecified atom stereocenters. The molecule has 5 heteroatoms. The number of aryl methyl sites for hydroxylation is 1. The molecule has 2 aromatic heterocycles. The zero-order valence-electron chi connectivity index (χ0n) is 11.7. The second-order valence-electron chi connectivity index (χ2n) is 4.59. The second kappa shape index (κ2) is 7.71. The number of nitrogens with one attached hydrogen (secondary N) is 1. The molecule has 0 aliphatic carbocycles. The molecule has 2 heterocycles. The molecule has 2 nitrogen and oxygen atoms in total. The van der Waals surface area contributed by atoms with Crippen molar-refractivity contribution >= 4 is 35.1 Å².